The van der Waals surface area contributed by atoms with Crippen LogP contribution in [0.1, 0.15) is 19.3 Å². The van der Waals surface area contributed by atoms with Crippen LogP contribution >= 0.6 is 0 Å². The molecule has 104 valence electrons. The topological polar surface area (TPSA) is 36.0 Å². The van der Waals surface area contributed by atoms with Gasteiger partial charge >= 0.3 is 6.03 Å². The number of likely N-dealkylation sites (N-methyl/N-ethyl adjacent to an activating group) is 2. The van der Waals surface area contributed by atoms with Crippen molar-refractivity contribution in [2.45, 2.75) is 24.8 Å². The summed E-state index contributed by atoms with van der Waals surface area (Å²) in [6.07, 6.45) is 3.67. The molecule has 0 aromatic carbocycles. The maximum absolute atomic E-state index is 12.3. The van der Waals surface area contributed by atoms with E-state index in [9.17, 15) is 4.79 Å². The molecule has 0 bridgehead atoms. The molecule has 1 aliphatic carbocycles. The highest BCUT2D eigenvalue weighted by molar-refractivity contribution is 5.74. The van der Waals surface area contributed by atoms with E-state index in [0.29, 0.717) is 13.2 Å². The highest BCUT2D eigenvalue weighted by Gasteiger charge is 2.41. The van der Waals surface area contributed by atoms with Crippen molar-refractivity contribution in [1.82, 2.24) is 14.7 Å². The summed E-state index contributed by atoms with van der Waals surface area (Å²) in [6, 6.07) is 0.145. The Morgan fingerprint density at radius 2 is 1.83 bits per heavy atom. The Labute approximate surface area is 110 Å². The first-order valence-corrected chi connectivity index (χ1v) is 6.80. The van der Waals surface area contributed by atoms with E-state index in [1.165, 1.54) is 19.3 Å². The zero-order valence-corrected chi connectivity index (χ0v) is 11.8. The molecule has 0 spiro atoms. The Bertz CT molecular complexity index is 297. The van der Waals surface area contributed by atoms with E-state index in [2.05, 4.69) is 19.0 Å². The van der Waals surface area contributed by atoms with Crippen LogP contribution in [0.5, 0.6) is 0 Å². The van der Waals surface area contributed by atoms with Crippen LogP contribution in [0.3, 0.4) is 0 Å². The number of nitrogens with zero attached hydrogens (tertiary/aromatic N) is 3. The first kappa shape index (κ1) is 13.6. The van der Waals surface area contributed by atoms with Crippen molar-refractivity contribution < 1.29 is 9.53 Å². The number of rotatable bonds is 3. The lowest BCUT2D eigenvalue weighted by Gasteiger charge is -2.49. The lowest BCUT2D eigenvalue weighted by molar-refractivity contribution is 0.0180. The van der Waals surface area contributed by atoms with E-state index >= 15 is 0 Å². The van der Waals surface area contributed by atoms with Gasteiger partial charge in [-0.05, 0) is 33.4 Å². The van der Waals surface area contributed by atoms with Gasteiger partial charge in [-0.3, -0.25) is 0 Å². The molecule has 1 heterocycles. The first-order valence-electron chi connectivity index (χ1n) is 6.80. The number of hydrogen-bond donors (Lipinski definition) is 0. The van der Waals surface area contributed by atoms with Crippen molar-refractivity contribution >= 4 is 6.03 Å². The Morgan fingerprint density at radius 3 is 2.28 bits per heavy atom. The second kappa shape index (κ2) is 5.45. The Kier molecular flexibility index (Phi) is 4.12. The zero-order valence-electron chi connectivity index (χ0n) is 11.8. The summed E-state index contributed by atoms with van der Waals surface area (Å²) in [5.74, 6) is 0. The molecule has 0 unspecified atom stereocenters. The van der Waals surface area contributed by atoms with E-state index in [1.807, 2.05) is 16.8 Å². The van der Waals surface area contributed by atoms with Gasteiger partial charge in [0.25, 0.3) is 0 Å². The Balaban J connectivity index is 1.90. The predicted molar refractivity (Wildman–Crippen MR) is 70.7 cm³/mol. The molecular weight excluding hydrogens is 230 g/mol. The van der Waals surface area contributed by atoms with Gasteiger partial charge < -0.3 is 19.4 Å². The monoisotopic (exact) mass is 255 g/mol. The summed E-state index contributed by atoms with van der Waals surface area (Å²) in [4.78, 5) is 18.4. The predicted octanol–water partition coefficient (Wildman–Crippen LogP) is 0.855. The molecule has 0 atom stereocenters. The van der Waals surface area contributed by atoms with Crippen LogP contribution in [-0.2, 0) is 4.74 Å². The largest absolute Gasteiger partial charge is 0.378 e. The molecule has 5 heteroatoms. The molecule has 0 radical (unpaired) electrons. The molecule has 2 aliphatic rings. The summed E-state index contributed by atoms with van der Waals surface area (Å²) < 4.78 is 5.28. The number of amides is 2. The van der Waals surface area contributed by atoms with Crippen LogP contribution in [0, 0.1) is 0 Å². The lowest BCUT2D eigenvalue weighted by Crippen LogP contribution is -2.59. The molecule has 1 aliphatic heterocycles. The Morgan fingerprint density at radius 1 is 1.22 bits per heavy atom. The minimum Gasteiger partial charge on any atom is -0.378 e. The fraction of sp³-hybridized carbons (Fsp3) is 0.923. The fourth-order valence-corrected chi connectivity index (χ4v) is 2.84. The molecular formula is C13H25N3O2. The zero-order chi connectivity index (χ0) is 13.2. The van der Waals surface area contributed by atoms with Gasteiger partial charge in [-0.2, -0.15) is 0 Å². The highest BCUT2D eigenvalue weighted by Crippen LogP contribution is 2.36. The molecule has 2 rings (SSSR count). The van der Waals surface area contributed by atoms with Crippen molar-refractivity contribution in [3.05, 3.63) is 0 Å². The second-order valence-corrected chi connectivity index (χ2v) is 5.71. The van der Waals surface area contributed by atoms with Gasteiger partial charge in [0.05, 0.1) is 13.2 Å². The first-order chi connectivity index (χ1) is 8.55. The third-order valence-corrected chi connectivity index (χ3v) is 4.37. The summed E-state index contributed by atoms with van der Waals surface area (Å²) in [5.41, 5.74) is 0.205. The van der Waals surface area contributed by atoms with Crippen molar-refractivity contribution in [3.63, 3.8) is 0 Å². The summed E-state index contributed by atoms with van der Waals surface area (Å²) in [7, 11) is 6.15. The smallest absolute Gasteiger partial charge is 0.319 e. The molecule has 1 saturated carbocycles. The van der Waals surface area contributed by atoms with Gasteiger partial charge in [-0.1, -0.05) is 0 Å². The van der Waals surface area contributed by atoms with Crippen LogP contribution < -0.4 is 0 Å². The average molecular weight is 255 g/mol. The highest BCUT2D eigenvalue weighted by atomic mass is 16.5. The van der Waals surface area contributed by atoms with Crippen molar-refractivity contribution in [2.24, 2.45) is 0 Å². The maximum atomic E-state index is 12.3. The number of hydrogen-bond acceptors (Lipinski definition) is 3. The van der Waals surface area contributed by atoms with Crippen molar-refractivity contribution in [1.29, 1.82) is 0 Å². The van der Waals surface area contributed by atoms with E-state index in [0.717, 1.165) is 19.6 Å². The van der Waals surface area contributed by atoms with Crippen molar-refractivity contribution in [3.8, 4) is 0 Å². The maximum Gasteiger partial charge on any atom is 0.319 e. The van der Waals surface area contributed by atoms with Crippen LogP contribution in [0.2, 0.25) is 0 Å². The number of urea groups is 1. The molecule has 0 N–H and O–H groups in total. The van der Waals surface area contributed by atoms with Crippen LogP contribution in [0.4, 0.5) is 4.79 Å². The number of carbonyl (C=O) groups is 1. The summed E-state index contributed by atoms with van der Waals surface area (Å²) in [5, 5.41) is 0. The van der Waals surface area contributed by atoms with E-state index in [4.69, 9.17) is 4.74 Å². The standard InChI is InChI=1S/C13H25N3O2/c1-14(2)13(5-4-6-13)11-15(3)12(17)16-7-9-18-10-8-16/h4-11H2,1-3H3. The molecule has 0 aromatic heterocycles. The molecule has 18 heavy (non-hydrogen) atoms. The molecule has 1 saturated heterocycles. The summed E-state index contributed by atoms with van der Waals surface area (Å²) in [6.45, 7) is 3.60. The van der Waals surface area contributed by atoms with Crippen molar-refractivity contribution in [2.75, 3.05) is 54.0 Å². The van der Waals surface area contributed by atoms with E-state index in [-0.39, 0.29) is 11.6 Å². The van der Waals surface area contributed by atoms with Gasteiger partial charge in [-0.25, -0.2) is 4.79 Å². The number of morpholine rings is 1. The van der Waals surface area contributed by atoms with Gasteiger partial charge in [-0.15, -0.1) is 0 Å². The Hall–Kier alpha value is -0.810. The van der Waals surface area contributed by atoms with Gasteiger partial charge in [0, 0.05) is 32.2 Å². The van der Waals surface area contributed by atoms with Crippen LogP contribution in [0.25, 0.3) is 0 Å². The molecule has 5 nitrogen and oxygen atoms in total. The third-order valence-electron chi connectivity index (χ3n) is 4.37. The van der Waals surface area contributed by atoms with Gasteiger partial charge in [0.2, 0.25) is 0 Å². The molecule has 2 amide bonds. The van der Waals surface area contributed by atoms with Crippen LogP contribution in [-0.4, -0.2) is 80.3 Å². The second-order valence-electron chi connectivity index (χ2n) is 5.71. The normalized spacial score (nSPS) is 22.8. The van der Waals surface area contributed by atoms with E-state index < -0.39 is 0 Å². The quantitative estimate of drug-likeness (QED) is 0.750. The molecule has 2 fully saturated rings. The van der Waals surface area contributed by atoms with Gasteiger partial charge in [0.1, 0.15) is 0 Å². The fourth-order valence-electron chi connectivity index (χ4n) is 2.84. The van der Waals surface area contributed by atoms with Gasteiger partial charge in [0.15, 0.2) is 0 Å². The molecule has 0 aromatic rings. The summed E-state index contributed by atoms with van der Waals surface area (Å²) >= 11 is 0. The van der Waals surface area contributed by atoms with E-state index in [1.54, 1.807) is 0 Å². The average Bonchev–Trinajstić information content (AvgIpc) is 2.33. The minimum absolute atomic E-state index is 0.145. The minimum atomic E-state index is 0.145. The number of carbonyl (C=O) groups excluding carboxylic acids is 1. The van der Waals surface area contributed by atoms with Crippen LogP contribution in [0.15, 0.2) is 0 Å². The lowest BCUT2D eigenvalue weighted by atomic mass is 9.75. The number of ether oxygens (including phenoxy) is 1. The third kappa shape index (κ3) is 2.62. The SMILES string of the molecule is CN(CC1(N(C)C)CCC1)C(=O)N1CCOCC1.